The van der Waals surface area contributed by atoms with Crippen molar-refractivity contribution in [1.82, 2.24) is 10.2 Å². The zero-order valence-corrected chi connectivity index (χ0v) is 16.2. The molecule has 0 aliphatic heterocycles. The van der Waals surface area contributed by atoms with Crippen LogP contribution in [0.15, 0.2) is 42.5 Å². The molecule has 5 nitrogen and oxygen atoms in total. The maximum atomic E-state index is 12.5. The highest BCUT2D eigenvalue weighted by atomic mass is 16.2. The molecule has 1 saturated carbocycles. The van der Waals surface area contributed by atoms with Crippen molar-refractivity contribution in [3.8, 4) is 0 Å². The van der Waals surface area contributed by atoms with Crippen molar-refractivity contribution in [2.24, 2.45) is 0 Å². The van der Waals surface area contributed by atoms with Crippen molar-refractivity contribution in [2.45, 2.75) is 51.1 Å². The third-order valence-corrected chi connectivity index (χ3v) is 5.45. The van der Waals surface area contributed by atoms with E-state index in [0.717, 1.165) is 29.3 Å². The number of likely N-dealkylation sites (N-methyl/N-ethyl adjacent to an activating group) is 1. The van der Waals surface area contributed by atoms with Gasteiger partial charge in [-0.15, -0.1) is 0 Å². The number of nitrogens with one attached hydrogen (secondary N) is 2. The molecule has 0 bridgehead atoms. The van der Waals surface area contributed by atoms with Crippen LogP contribution in [0.5, 0.6) is 0 Å². The average molecular weight is 367 g/mol. The summed E-state index contributed by atoms with van der Waals surface area (Å²) in [6.45, 7) is 2.02. The number of amides is 2. The first-order valence-electron chi connectivity index (χ1n) is 9.83. The van der Waals surface area contributed by atoms with Crippen molar-refractivity contribution >= 4 is 28.3 Å². The van der Waals surface area contributed by atoms with Gasteiger partial charge in [-0.25, -0.2) is 0 Å². The standard InChI is InChI=1S/C22H29N3O2/c1-16(22(27)23-18-11-4-3-5-12-18)25(2)15-21(26)24-20-14-8-10-17-9-6-7-13-19(17)20/h6-10,13-14,16,18H,3-5,11-12,15H2,1-2H3,(H,23,27)(H,24,26). The lowest BCUT2D eigenvalue weighted by Crippen LogP contribution is -2.49. The fraction of sp³-hybridized carbons (Fsp3) is 0.455. The van der Waals surface area contributed by atoms with Gasteiger partial charge in [0.05, 0.1) is 12.6 Å². The third-order valence-electron chi connectivity index (χ3n) is 5.45. The van der Waals surface area contributed by atoms with Crippen LogP contribution < -0.4 is 10.6 Å². The van der Waals surface area contributed by atoms with Crippen LogP contribution in [0, 0.1) is 0 Å². The van der Waals surface area contributed by atoms with Crippen LogP contribution in [0.2, 0.25) is 0 Å². The monoisotopic (exact) mass is 367 g/mol. The summed E-state index contributed by atoms with van der Waals surface area (Å²) in [7, 11) is 1.81. The van der Waals surface area contributed by atoms with Crippen LogP contribution in [0.1, 0.15) is 39.0 Å². The van der Waals surface area contributed by atoms with Crippen LogP contribution in [0.25, 0.3) is 10.8 Å². The Morgan fingerprint density at radius 2 is 1.78 bits per heavy atom. The van der Waals surface area contributed by atoms with E-state index in [-0.39, 0.29) is 30.4 Å². The highest BCUT2D eigenvalue weighted by molar-refractivity contribution is 6.02. The largest absolute Gasteiger partial charge is 0.352 e. The number of nitrogens with zero attached hydrogens (tertiary/aromatic N) is 1. The molecule has 1 atom stereocenters. The maximum Gasteiger partial charge on any atom is 0.238 e. The summed E-state index contributed by atoms with van der Waals surface area (Å²) in [4.78, 5) is 26.8. The maximum absolute atomic E-state index is 12.5. The Labute approximate surface area is 161 Å². The van der Waals surface area contributed by atoms with Crippen LogP contribution in [0.4, 0.5) is 5.69 Å². The Kier molecular flexibility index (Phi) is 6.45. The SMILES string of the molecule is CC(C(=O)NC1CCCCC1)N(C)CC(=O)Nc1cccc2ccccc12. The zero-order valence-electron chi connectivity index (χ0n) is 16.2. The Balaban J connectivity index is 1.55. The summed E-state index contributed by atoms with van der Waals surface area (Å²) in [5, 5.41) is 8.21. The smallest absolute Gasteiger partial charge is 0.238 e. The molecule has 2 amide bonds. The number of hydrogen-bond acceptors (Lipinski definition) is 3. The average Bonchev–Trinajstić information content (AvgIpc) is 2.68. The fourth-order valence-electron chi connectivity index (χ4n) is 3.66. The molecule has 0 aromatic heterocycles. The molecule has 0 spiro atoms. The van der Waals surface area contributed by atoms with Crippen molar-refractivity contribution in [1.29, 1.82) is 0 Å². The molecule has 2 N–H and O–H groups in total. The first-order valence-corrected chi connectivity index (χ1v) is 9.83. The van der Waals surface area contributed by atoms with Gasteiger partial charge < -0.3 is 10.6 Å². The van der Waals surface area contributed by atoms with Crippen LogP contribution in [0.3, 0.4) is 0 Å². The van der Waals surface area contributed by atoms with Gasteiger partial charge in [-0.3, -0.25) is 14.5 Å². The molecule has 27 heavy (non-hydrogen) atoms. The minimum Gasteiger partial charge on any atom is -0.352 e. The molecule has 1 fully saturated rings. The second-order valence-corrected chi connectivity index (χ2v) is 7.51. The highest BCUT2D eigenvalue weighted by Crippen LogP contribution is 2.23. The molecule has 1 aliphatic rings. The van der Waals surface area contributed by atoms with E-state index in [1.54, 1.807) is 4.90 Å². The molecule has 1 aliphatic carbocycles. The lowest BCUT2D eigenvalue weighted by molar-refractivity contribution is -0.127. The predicted octanol–water partition coefficient (Wildman–Crippen LogP) is 3.55. The predicted molar refractivity (Wildman–Crippen MR) is 110 cm³/mol. The van der Waals surface area contributed by atoms with Crippen molar-refractivity contribution in [3.63, 3.8) is 0 Å². The minimum atomic E-state index is -0.342. The summed E-state index contributed by atoms with van der Waals surface area (Å²) in [5.74, 6) is -0.117. The topological polar surface area (TPSA) is 61.4 Å². The van der Waals surface area contributed by atoms with Crippen molar-refractivity contribution in [2.75, 3.05) is 18.9 Å². The van der Waals surface area contributed by atoms with Crippen molar-refractivity contribution in [3.05, 3.63) is 42.5 Å². The Morgan fingerprint density at radius 3 is 2.56 bits per heavy atom. The molecule has 0 heterocycles. The first-order chi connectivity index (χ1) is 13.0. The molecule has 3 rings (SSSR count). The summed E-state index contributed by atoms with van der Waals surface area (Å²) >= 11 is 0. The Bertz CT molecular complexity index is 794. The fourth-order valence-corrected chi connectivity index (χ4v) is 3.66. The van der Waals surface area contributed by atoms with E-state index in [4.69, 9.17) is 0 Å². The number of benzene rings is 2. The quantitative estimate of drug-likeness (QED) is 0.821. The van der Waals surface area contributed by atoms with E-state index in [1.165, 1.54) is 19.3 Å². The van der Waals surface area contributed by atoms with E-state index in [9.17, 15) is 9.59 Å². The lowest BCUT2D eigenvalue weighted by Gasteiger charge is -2.28. The van der Waals surface area contributed by atoms with Gasteiger partial charge in [-0.2, -0.15) is 0 Å². The van der Waals surface area contributed by atoms with Crippen molar-refractivity contribution < 1.29 is 9.59 Å². The number of carbonyl (C=O) groups excluding carboxylic acids is 2. The molecule has 2 aromatic carbocycles. The van der Waals surface area contributed by atoms with Gasteiger partial charge >= 0.3 is 0 Å². The third kappa shape index (κ3) is 5.07. The normalized spacial score (nSPS) is 16.3. The molecule has 2 aromatic rings. The molecular formula is C22H29N3O2. The molecular weight excluding hydrogens is 338 g/mol. The van der Waals surface area contributed by atoms with Crippen LogP contribution >= 0.6 is 0 Å². The molecule has 1 unspecified atom stereocenters. The van der Waals surface area contributed by atoms with Gasteiger partial charge in [0.1, 0.15) is 0 Å². The van der Waals surface area contributed by atoms with Gasteiger partial charge in [0.25, 0.3) is 0 Å². The van der Waals surface area contributed by atoms with Gasteiger partial charge in [-0.05, 0) is 38.3 Å². The second-order valence-electron chi connectivity index (χ2n) is 7.51. The van der Waals surface area contributed by atoms with Gasteiger partial charge in [-0.1, -0.05) is 55.7 Å². The summed E-state index contributed by atoms with van der Waals surface area (Å²) in [6, 6.07) is 13.8. The van der Waals surface area contributed by atoms with Gasteiger partial charge in [0, 0.05) is 17.1 Å². The van der Waals surface area contributed by atoms with E-state index in [1.807, 2.05) is 56.4 Å². The molecule has 0 radical (unpaired) electrons. The number of hydrogen-bond donors (Lipinski definition) is 2. The summed E-state index contributed by atoms with van der Waals surface area (Å²) < 4.78 is 0. The minimum absolute atomic E-state index is 0.00219. The van der Waals surface area contributed by atoms with E-state index < -0.39 is 0 Å². The number of rotatable bonds is 6. The first kappa shape index (κ1) is 19.4. The molecule has 144 valence electrons. The van der Waals surface area contributed by atoms with Gasteiger partial charge in [0.15, 0.2) is 0 Å². The number of fused-ring (bicyclic) bond motifs is 1. The van der Waals surface area contributed by atoms with E-state index in [2.05, 4.69) is 10.6 Å². The summed E-state index contributed by atoms with van der Waals surface area (Å²) in [6.07, 6.45) is 5.74. The highest BCUT2D eigenvalue weighted by Gasteiger charge is 2.23. The molecule has 5 heteroatoms. The van der Waals surface area contributed by atoms with E-state index >= 15 is 0 Å². The number of anilines is 1. The van der Waals surface area contributed by atoms with Crippen LogP contribution in [-0.4, -0.2) is 42.4 Å². The number of carbonyl (C=O) groups is 2. The summed E-state index contributed by atoms with van der Waals surface area (Å²) in [5.41, 5.74) is 0.797. The Hall–Kier alpha value is -2.40. The zero-order chi connectivity index (χ0) is 19.2. The Morgan fingerprint density at radius 1 is 1.07 bits per heavy atom. The van der Waals surface area contributed by atoms with Crippen LogP contribution in [-0.2, 0) is 9.59 Å². The van der Waals surface area contributed by atoms with Gasteiger partial charge in [0.2, 0.25) is 11.8 Å². The molecule has 0 saturated heterocycles. The van der Waals surface area contributed by atoms with E-state index in [0.29, 0.717) is 0 Å². The second kappa shape index (κ2) is 9.00. The lowest BCUT2D eigenvalue weighted by atomic mass is 9.95.